The molecule has 4 heteroatoms. The Bertz CT molecular complexity index is 287. The number of hydrogen-bond donors (Lipinski definition) is 1. The summed E-state index contributed by atoms with van der Waals surface area (Å²) in [6, 6.07) is 2.15. The summed E-state index contributed by atoms with van der Waals surface area (Å²) >= 11 is 0. The Morgan fingerprint density at radius 2 is 2.08 bits per heavy atom. The number of halogens is 2. The van der Waals surface area contributed by atoms with Gasteiger partial charge in [-0.1, -0.05) is 0 Å². The van der Waals surface area contributed by atoms with Crippen LogP contribution in [0.25, 0.3) is 0 Å². The SMILES string of the molecule is COc1c(O)cc(C(C)F)cc1F. The molecule has 0 aromatic heterocycles. The van der Waals surface area contributed by atoms with Crippen molar-refractivity contribution in [2.75, 3.05) is 7.11 Å². The van der Waals surface area contributed by atoms with Crippen LogP contribution in [0.3, 0.4) is 0 Å². The lowest BCUT2D eigenvalue weighted by Crippen LogP contribution is -1.93. The Morgan fingerprint density at radius 1 is 1.46 bits per heavy atom. The van der Waals surface area contributed by atoms with Gasteiger partial charge < -0.3 is 9.84 Å². The zero-order chi connectivity index (χ0) is 10.0. The van der Waals surface area contributed by atoms with Crippen LogP contribution < -0.4 is 4.74 Å². The normalized spacial score (nSPS) is 12.6. The minimum atomic E-state index is -1.31. The molecule has 0 aliphatic heterocycles. The first-order chi connectivity index (χ1) is 6.06. The lowest BCUT2D eigenvalue weighted by Gasteiger charge is -2.08. The highest BCUT2D eigenvalue weighted by atomic mass is 19.1. The van der Waals surface area contributed by atoms with Crippen LogP contribution in [0.1, 0.15) is 18.7 Å². The Labute approximate surface area is 74.8 Å². The summed E-state index contributed by atoms with van der Waals surface area (Å²) in [5.74, 6) is -1.41. The molecule has 0 bridgehead atoms. The van der Waals surface area contributed by atoms with Crippen molar-refractivity contribution in [2.24, 2.45) is 0 Å². The molecule has 0 fully saturated rings. The molecule has 0 radical (unpaired) electrons. The molecule has 0 aliphatic rings. The molecule has 0 aliphatic carbocycles. The Balaban J connectivity index is 3.20. The molecule has 0 spiro atoms. The topological polar surface area (TPSA) is 29.5 Å². The van der Waals surface area contributed by atoms with Gasteiger partial charge >= 0.3 is 0 Å². The molecule has 13 heavy (non-hydrogen) atoms. The Morgan fingerprint density at radius 3 is 2.46 bits per heavy atom. The molecule has 0 amide bonds. The second-order valence-corrected chi connectivity index (χ2v) is 2.67. The lowest BCUT2D eigenvalue weighted by atomic mass is 10.1. The first kappa shape index (κ1) is 9.77. The number of rotatable bonds is 2. The minimum Gasteiger partial charge on any atom is -0.504 e. The van der Waals surface area contributed by atoms with Gasteiger partial charge in [0.1, 0.15) is 6.17 Å². The van der Waals surface area contributed by atoms with Crippen LogP contribution >= 0.6 is 0 Å². The molecule has 0 saturated heterocycles. The number of phenolic OH excluding ortho intramolecular Hbond substituents is 1. The highest BCUT2D eigenvalue weighted by Crippen LogP contribution is 2.32. The average molecular weight is 188 g/mol. The summed E-state index contributed by atoms with van der Waals surface area (Å²) in [6.07, 6.45) is -1.31. The van der Waals surface area contributed by atoms with E-state index >= 15 is 0 Å². The summed E-state index contributed by atoms with van der Waals surface area (Å²) in [4.78, 5) is 0. The lowest BCUT2D eigenvalue weighted by molar-refractivity contribution is 0.341. The summed E-state index contributed by atoms with van der Waals surface area (Å²) < 4.78 is 30.3. The van der Waals surface area contributed by atoms with Crippen molar-refractivity contribution in [1.29, 1.82) is 0 Å². The number of phenols is 1. The van der Waals surface area contributed by atoms with E-state index in [1.807, 2.05) is 0 Å². The number of ether oxygens (including phenoxy) is 1. The van der Waals surface area contributed by atoms with Crippen molar-refractivity contribution in [3.63, 3.8) is 0 Å². The van der Waals surface area contributed by atoms with E-state index in [0.717, 1.165) is 12.1 Å². The molecule has 0 heterocycles. The first-order valence-electron chi connectivity index (χ1n) is 3.76. The predicted molar refractivity (Wildman–Crippen MR) is 44.1 cm³/mol. The molecule has 72 valence electrons. The van der Waals surface area contributed by atoms with Crippen molar-refractivity contribution >= 4 is 0 Å². The van der Waals surface area contributed by atoms with Crippen LogP contribution in [0.5, 0.6) is 11.5 Å². The van der Waals surface area contributed by atoms with Gasteiger partial charge in [-0.2, -0.15) is 0 Å². The van der Waals surface area contributed by atoms with E-state index in [1.165, 1.54) is 14.0 Å². The second-order valence-electron chi connectivity index (χ2n) is 2.67. The molecule has 1 atom stereocenters. The van der Waals surface area contributed by atoms with Gasteiger partial charge in [-0.25, -0.2) is 8.78 Å². The van der Waals surface area contributed by atoms with Gasteiger partial charge in [-0.05, 0) is 24.6 Å². The Kier molecular flexibility index (Phi) is 2.70. The van der Waals surface area contributed by atoms with Crippen molar-refractivity contribution in [3.8, 4) is 11.5 Å². The molecule has 1 aromatic rings. The van der Waals surface area contributed by atoms with E-state index in [1.54, 1.807) is 0 Å². The van der Waals surface area contributed by atoms with E-state index in [9.17, 15) is 13.9 Å². The maximum Gasteiger partial charge on any atom is 0.196 e. The van der Waals surface area contributed by atoms with E-state index in [0.29, 0.717) is 0 Å². The summed E-state index contributed by atoms with van der Waals surface area (Å²) in [6.45, 7) is 1.26. The Hall–Kier alpha value is -1.32. The standard InChI is InChI=1S/C9H10F2O2/c1-5(10)6-3-7(11)9(13-2)8(12)4-6/h3-5,12H,1-2H3. The highest BCUT2D eigenvalue weighted by Gasteiger charge is 2.13. The maximum absolute atomic E-state index is 13.0. The van der Waals surface area contributed by atoms with E-state index < -0.39 is 12.0 Å². The number of benzene rings is 1. The third-order valence-electron chi connectivity index (χ3n) is 1.71. The highest BCUT2D eigenvalue weighted by molar-refractivity contribution is 5.43. The fourth-order valence-corrected chi connectivity index (χ4v) is 1.03. The fraction of sp³-hybridized carbons (Fsp3) is 0.333. The summed E-state index contributed by atoms with van der Waals surface area (Å²) in [7, 11) is 1.23. The zero-order valence-corrected chi connectivity index (χ0v) is 7.34. The van der Waals surface area contributed by atoms with Gasteiger partial charge in [0.25, 0.3) is 0 Å². The van der Waals surface area contributed by atoms with Gasteiger partial charge in [0, 0.05) is 0 Å². The van der Waals surface area contributed by atoms with E-state index in [4.69, 9.17) is 0 Å². The number of alkyl halides is 1. The largest absolute Gasteiger partial charge is 0.504 e. The average Bonchev–Trinajstić information content (AvgIpc) is 2.03. The van der Waals surface area contributed by atoms with Crippen LogP contribution in [-0.4, -0.2) is 12.2 Å². The monoisotopic (exact) mass is 188 g/mol. The molecule has 0 saturated carbocycles. The van der Waals surface area contributed by atoms with Gasteiger partial charge in [-0.3, -0.25) is 0 Å². The van der Waals surface area contributed by atoms with Crippen LogP contribution in [0.4, 0.5) is 8.78 Å². The molecule has 1 rings (SSSR count). The fourth-order valence-electron chi connectivity index (χ4n) is 1.03. The van der Waals surface area contributed by atoms with E-state index in [-0.39, 0.29) is 17.1 Å². The zero-order valence-electron chi connectivity index (χ0n) is 7.34. The molecule has 1 unspecified atom stereocenters. The first-order valence-corrected chi connectivity index (χ1v) is 3.76. The summed E-state index contributed by atoms with van der Waals surface area (Å²) in [5, 5.41) is 9.19. The molecular formula is C9H10F2O2. The van der Waals surface area contributed by atoms with Gasteiger partial charge in [-0.15, -0.1) is 0 Å². The van der Waals surface area contributed by atoms with Gasteiger partial charge in [0.05, 0.1) is 7.11 Å². The number of methoxy groups -OCH3 is 1. The maximum atomic E-state index is 13.0. The van der Waals surface area contributed by atoms with E-state index in [2.05, 4.69) is 4.74 Å². The van der Waals surface area contributed by atoms with Crippen molar-refractivity contribution in [2.45, 2.75) is 13.1 Å². The van der Waals surface area contributed by atoms with Crippen molar-refractivity contribution in [1.82, 2.24) is 0 Å². The summed E-state index contributed by atoms with van der Waals surface area (Å²) in [5.41, 5.74) is 0.0933. The number of aromatic hydroxyl groups is 1. The van der Waals surface area contributed by atoms with Crippen molar-refractivity contribution in [3.05, 3.63) is 23.5 Å². The number of hydrogen-bond acceptors (Lipinski definition) is 2. The predicted octanol–water partition coefficient (Wildman–Crippen LogP) is 2.57. The van der Waals surface area contributed by atoms with Crippen molar-refractivity contribution < 1.29 is 18.6 Å². The second kappa shape index (κ2) is 3.60. The van der Waals surface area contributed by atoms with Crippen LogP contribution in [0.2, 0.25) is 0 Å². The van der Waals surface area contributed by atoms with Gasteiger partial charge in [0.15, 0.2) is 17.3 Å². The smallest absolute Gasteiger partial charge is 0.196 e. The molecule has 2 nitrogen and oxygen atoms in total. The molecular weight excluding hydrogens is 178 g/mol. The quantitative estimate of drug-likeness (QED) is 0.772. The van der Waals surface area contributed by atoms with Gasteiger partial charge in [0.2, 0.25) is 0 Å². The molecule has 1 aromatic carbocycles. The minimum absolute atomic E-state index is 0.0933. The third-order valence-corrected chi connectivity index (χ3v) is 1.71. The van der Waals surface area contributed by atoms with Crippen LogP contribution in [-0.2, 0) is 0 Å². The van der Waals surface area contributed by atoms with Crippen LogP contribution in [0.15, 0.2) is 12.1 Å². The third kappa shape index (κ3) is 1.88. The van der Waals surface area contributed by atoms with Crippen LogP contribution in [0, 0.1) is 5.82 Å². The molecule has 1 N–H and O–H groups in total.